The van der Waals surface area contributed by atoms with Gasteiger partial charge in [0.2, 0.25) is 0 Å². The van der Waals surface area contributed by atoms with Crippen LogP contribution in [-0.4, -0.2) is 9.97 Å². The van der Waals surface area contributed by atoms with Crippen molar-refractivity contribution in [3.05, 3.63) is 17.7 Å². The molecule has 0 fully saturated rings. The van der Waals surface area contributed by atoms with Crippen LogP contribution in [0.2, 0.25) is 0 Å². The minimum absolute atomic E-state index is 0.707. The van der Waals surface area contributed by atoms with Gasteiger partial charge in [-0.15, -0.1) is 0 Å². The summed E-state index contributed by atoms with van der Waals surface area (Å²) in [4.78, 5) is 7.73. The predicted molar refractivity (Wildman–Crippen MR) is 74.2 cm³/mol. The van der Waals surface area contributed by atoms with E-state index in [1.165, 1.54) is 49.9 Å². The lowest BCUT2D eigenvalue weighted by atomic mass is 10.0. The minimum Gasteiger partial charge on any atom is -0.348 e. The molecule has 0 unspecified atom stereocenters. The molecule has 1 heterocycles. The Hall–Kier alpha value is -0.790. The zero-order chi connectivity index (χ0) is 12.5. The number of H-pyrrole nitrogens is 1. The van der Waals surface area contributed by atoms with Gasteiger partial charge in [-0.1, -0.05) is 52.9 Å². The first-order valence-corrected chi connectivity index (χ1v) is 7.25. The van der Waals surface area contributed by atoms with Crippen LogP contribution < -0.4 is 0 Å². The van der Waals surface area contributed by atoms with Gasteiger partial charge in [0.25, 0.3) is 0 Å². The van der Waals surface area contributed by atoms with E-state index in [-0.39, 0.29) is 0 Å². The van der Waals surface area contributed by atoms with Crippen LogP contribution in [0.25, 0.3) is 0 Å². The lowest BCUT2D eigenvalue weighted by molar-refractivity contribution is 0.597. The maximum Gasteiger partial charge on any atom is 0.0925 e. The lowest BCUT2D eigenvalue weighted by Gasteiger charge is -2.05. The number of imidazole rings is 1. The number of aryl methyl sites for hydroxylation is 1. The third-order valence-electron chi connectivity index (χ3n) is 3.19. The lowest BCUT2D eigenvalue weighted by Crippen LogP contribution is -1.99. The number of hydrogen-bond donors (Lipinski definition) is 1. The minimum atomic E-state index is 0.707. The number of rotatable bonds is 9. The highest BCUT2D eigenvalue weighted by atomic mass is 14.9. The highest BCUT2D eigenvalue weighted by Gasteiger charge is 2.06. The Balaban J connectivity index is 2.20. The van der Waals surface area contributed by atoms with E-state index in [2.05, 4.69) is 30.7 Å². The maximum atomic E-state index is 4.45. The van der Waals surface area contributed by atoms with Crippen molar-refractivity contribution < 1.29 is 0 Å². The van der Waals surface area contributed by atoms with E-state index >= 15 is 0 Å². The van der Waals surface area contributed by atoms with Crippen LogP contribution in [0.3, 0.4) is 0 Å². The zero-order valence-electron chi connectivity index (χ0n) is 11.8. The van der Waals surface area contributed by atoms with Crippen molar-refractivity contribution in [2.75, 3.05) is 0 Å². The fourth-order valence-corrected chi connectivity index (χ4v) is 2.22. The number of nitrogens with zero attached hydrogens (tertiary/aromatic N) is 1. The summed E-state index contributed by atoms with van der Waals surface area (Å²) >= 11 is 0. The smallest absolute Gasteiger partial charge is 0.0925 e. The summed E-state index contributed by atoms with van der Waals surface area (Å²) in [5.41, 5.74) is 2.66. The van der Waals surface area contributed by atoms with Crippen molar-refractivity contribution in [1.82, 2.24) is 9.97 Å². The number of nitrogens with one attached hydrogen (secondary N) is 1. The molecule has 0 aliphatic rings. The fraction of sp³-hybridized carbons (Fsp3) is 0.800. The monoisotopic (exact) mass is 236 g/mol. The molecular weight excluding hydrogens is 208 g/mol. The van der Waals surface area contributed by atoms with E-state index in [4.69, 9.17) is 0 Å². The molecule has 1 rings (SSSR count). The van der Waals surface area contributed by atoms with Gasteiger partial charge in [0.1, 0.15) is 0 Å². The molecule has 2 nitrogen and oxygen atoms in total. The number of aromatic amines is 1. The molecule has 2 heteroatoms. The Morgan fingerprint density at radius 3 is 2.53 bits per heavy atom. The van der Waals surface area contributed by atoms with Gasteiger partial charge in [-0.3, -0.25) is 0 Å². The van der Waals surface area contributed by atoms with Gasteiger partial charge in [0.15, 0.2) is 0 Å². The van der Waals surface area contributed by atoms with Crippen molar-refractivity contribution >= 4 is 0 Å². The topological polar surface area (TPSA) is 28.7 Å². The van der Waals surface area contributed by atoms with Crippen molar-refractivity contribution in [3.63, 3.8) is 0 Å². The van der Waals surface area contributed by atoms with Crippen molar-refractivity contribution in [2.45, 2.75) is 72.1 Å². The average molecular weight is 236 g/mol. The Morgan fingerprint density at radius 2 is 1.82 bits per heavy atom. The highest BCUT2D eigenvalue weighted by molar-refractivity contribution is 5.11. The van der Waals surface area contributed by atoms with Crippen molar-refractivity contribution in [2.24, 2.45) is 5.92 Å². The molecule has 1 N–H and O–H groups in total. The van der Waals surface area contributed by atoms with Gasteiger partial charge in [-0.05, 0) is 25.2 Å². The average Bonchev–Trinajstić information content (AvgIpc) is 2.70. The highest BCUT2D eigenvalue weighted by Crippen LogP contribution is 2.13. The molecule has 1 aromatic heterocycles. The first-order valence-electron chi connectivity index (χ1n) is 7.25. The molecule has 0 amide bonds. The molecule has 17 heavy (non-hydrogen) atoms. The van der Waals surface area contributed by atoms with Crippen molar-refractivity contribution in [3.8, 4) is 0 Å². The molecule has 0 spiro atoms. The van der Waals surface area contributed by atoms with E-state index in [0.717, 1.165) is 12.8 Å². The fourth-order valence-electron chi connectivity index (χ4n) is 2.22. The summed E-state index contributed by atoms with van der Waals surface area (Å²) in [6.45, 7) is 6.78. The van der Waals surface area contributed by atoms with E-state index in [1.807, 2.05) is 6.33 Å². The number of unbranched alkanes of at least 4 members (excludes halogenated alkanes) is 5. The van der Waals surface area contributed by atoms with Gasteiger partial charge >= 0.3 is 0 Å². The molecule has 0 aromatic carbocycles. The first kappa shape index (κ1) is 14.3. The maximum absolute atomic E-state index is 4.45. The number of hydrogen-bond acceptors (Lipinski definition) is 1. The third-order valence-corrected chi connectivity index (χ3v) is 3.19. The second-order valence-corrected chi connectivity index (χ2v) is 5.44. The van der Waals surface area contributed by atoms with Gasteiger partial charge < -0.3 is 4.98 Å². The Labute approximate surface area is 106 Å². The summed E-state index contributed by atoms with van der Waals surface area (Å²) in [6.07, 6.45) is 12.3. The molecule has 98 valence electrons. The molecule has 0 aliphatic carbocycles. The van der Waals surface area contributed by atoms with Crippen LogP contribution in [0.1, 0.15) is 70.7 Å². The Morgan fingerprint density at radius 1 is 1.12 bits per heavy atom. The van der Waals surface area contributed by atoms with Gasteiger partial charge in [-0.25, -0.2) is 4.98 Å². The summed E-state index contributed by atoms with van der Waals surface area (Å²) < 4.78 is 0. The van der Waals surface area contributed by atoms with Gasteiger partial charge in [-0.2, -0.15) is 0 Å². The predicted octanol–water partition coefficient (Wildman–Crippen LogP) is 4.51. The normalized spacial score (nSPS) is 11.3. The standard InChI is InChI=1S/C15H28N2/c1-4-5-6-7-8-9-10-14-15(11-13(2)3)17-12-16-14/h12-13H,4-11H2,1-3H3,(H,16,17). The zero-order valence-corrected chi connectivity index (χ0v) is 11.8. The summed E-state index contributed by atoms with van der Waals surface area (Å²) in [7, 11) is 0. The van der Waals surface area contributed by atoms with E-state index in [9.17, 15) is 0 Å². The third kappa shape index (κ3) is 5.90. The molecule has 0 saturated heterocycles. The SMILES string of the molecule is CCCCCCCCc1nc[nH]c1CC(C)C. The van der Waals surface area contributed by atoms with Crippen LogP contribution in [0.5, 0.6) is 0 Å². The molecule has 0 saturated carbocycles. The Kier molecular flexibility index (Phi) is 6.99. The second-order valence-electron chi connectivity index (χ2n) is 5.44. The van der Waals surface area contributed by atoms with E-state index < -0.39 is 0 Å². The van der Waals surface area contributed by atoms with E-state index in [0.29, 0.717) is 5.92 Å². The summed E-state index contributed by atoms with van der Waals surface area (Å²) in [6, 6.07) is 0. The molecule has 1 aromatic rings. The largest absolute Gasteiger partial charge is 0.348 e. The number of aromatic nitrogens is 2. The van der Waals surface area contributed by atoms with Crippen LogP contribution in [0.4, 0.5) is 0 Å². The van der Waals surface area contributed by atoms with Crippen LogP contribution in [0, 0.1) is 5.92 Å². The molecule has 0 bridgehead atoms. The molecule has 0 radical (unpaired) electrons. The van der Waals surface area contributed by atoms with E-state index in [1.54, 1.807) is 0 Å². The summed E-state index contributed by atoms with van der Waals surface area (Å²) in [5.74, 6) is 0.707. The molecular formula is C15H28N2. The van der Waals surface area contributed by atoms with Crippen LogP contribution in [0.15, 0.2) is 6.33 Å². The second kappa shape index (κ2) is 8.32. The molecule has 0 aliphatic heterocycles. The van der Waals surface area contributed by atoms with Gasteiger partial charge in [0, 0.05) is 5.69 Å². The summed E-state index contributed by atoms with van der Waals surface area (Å²) in [5, 5.41) is 0. The first-order chi connectivity index (χ1) is 8.24. The quantitative estimate of drug-likeness (QED) is 0.628. The van der Waals surface area contributed by atoms with Crippen LogP contribution in [-0.2, 0) is 12.8 Å². The Bertz CT molecular complexity index is 289. The van der Waals surface area contributed by atoms with Crippen LogP contribution >= 0.6 is 0 Å². The van der Waals surface area contributed by atoms with Gasteiger partial charge in [0.05, 0.1) is 12.0 Å². The molecule has 0 atom stereocenters. The van der Waals surface area contributed by atoms with Crippen molar-refractivity contribution in [1.29, 1.82) is 0 Å².